The molecule has 2 nitrogen and oxygen atoms in total. The first-order valence-corrected chi connectivity index (χ1v) is 6.49. The van der Waals surface area contributed by atoms with Gasteiger partial charge in [0.2, 0.25) is 0 Å². The highest BCUT2D eigenvalue weighted by Gasteiger charge is 2.05. The smallest absolute Gasteiger partial charge is 0.119 e. The van der Waals surface area contributed by atoms with Gasteiger partial charge < -0.3 is 10.5 Å². The number of hydrogen-bond acceptors (Lipinski definition) is 3. The molecule has 1 aromatic carbocycles. The van der Waals surface area contributed by atoms with Gasteiger partial charge in [0.1, 0.15) is 5.75 Å². The number of thioether (sulfide) groups is 1. The first kappa shape index (κ1) is 12.4. The summed E-state index contributed by atoms with van der Waals surface area (Å²) in [7, 11) is 0. The maximum atomic E-state index is 6.04. The van der Waals surface area contributed by atoms with Crippen molar-refractivity contribution in [2.75, 3.05) is 18.1 Å². The molecule has 0 fully saturated rings. The summed E-state index contributed by atoms with van der Waals surface area (Å²) in [6.07, 6.45) is 0. The zero-order valence-electron chi connectivity index (χ0n) is 9.40. The predicted molar refractivity (Wildman–Crippen MR) is 67.5 cm³/mol. The molecule has 1 rings (SSSR count). The molecular weight excluding hydrogens is 206 g/mol. The molecule has 0 aromatic heterocycles. The van der Waals surface area contributed by atoms with Crippen LogP contribution < -0.4 is 10.5 Å². The van der Waals surface area contributed by atoms with Crippen molar-refractivity contribution in [3.05, 3.63) is 29.8 Å². The summed E-state index contributed by atoms with van der Waals surface area (Å²) < 4.78 is 5.38. The van der Waals surface area contributed by atoms with E-state index < -0.39 is 0 Å². The predicted octanol–water partition coefficient (Wildman–Crippen LogP) is 2.84. The summed E-state index contributed by atoms with van der Waals surface area (Å²) in [6, 6.07) is 8.19. The van der Waals surface area contributed by atoms with Gasteiger partial charge in [-0.05, 0) is 30.4 Å². The molecule has 0 heterocycles. The van der Waals surface area contributed by atoms with E-state index >= 15 is 0 Å². The summed E-state index contributed by atoms with van der Waals surface area (Å²) in [5.74, 6) is 3.01. The Labute approximate surface area is 96.2 Å². The third-order valence-corrected chi connectivity index (χ3v) is 3.12. The number of nitrogens with two attached hydrogens (primary N) is 1. The molecule has 1 aromatic rings. The average Bonchev–Trinajstić information content (AvgIpc) is 2.27. The van der Waals surface area contributed by atoms with E-state index in [0.29, 0.717) is 6.61 Å². The Kier molecular flexibility index (Phi) is 5.58. The van der Waals surface area contributed by atoms with Crippen LogP contribution in [0.15, 0.2) is 24.3 Å². The minimum Gasteiger partial charge on any atom is -0.494 e. The Balaban J connectivity index is 2.54. The van der Waals surface area contributed by atoms with Gasteiger partial charge in [-0.2, -0.15) is 11.8 Å². The lowest BCUT2D eigenvalue weighted by atomic mass is 10.1. The number of rotatable bonds is 6. The minimum atomic E-state index is 0.130. The SMILES string of the molecule is CCOc1ccc(C(N)CSCC)cc1. The van der Waals surface area contributed by atoms with Crippen molar-refractivity contribution in [1.82, 2.24) is 0 Å². The molecule has 0 aliphatic heterocycles. The third-order valence-electron chi connectivity index (χ3n) is 2.12. The van der Waals surface area contributed by atoms with Crippen molar-refractivity contribution in [2.45, 2.75) is 19.9 Å². The van der Waals surface area contributed by atoms with Crippen molar-refractivity contribution in [1.29, 1.82) is 0 Å². The van der Waals surface area contributed by atoms with Gasteiger partial charge in [-0.25, -0.2) is 0 Å². The second-order valence-corrected chi connectivity index (χ2v) is 4.59. The molecule has 1 atom stereocenters. The quantitative estimate of drug-likeness (QED) is 0.808. The van der Waals surface area contributed by atoms with Crippen LogP contribution in [0.2, 0.25) is 0 Å². The van der Waals surface area contributed by atoms with E-state index in [1.165, 1.54) is 5.56 Å². The lowest BCUT2D eigenvalue weighted by Crippen LogP contribution is -2.12. The molecule has 1 unspecified atom stereocenters. The topological polar surface area (TPSA) is 35.2 Å². The van der Waals surface area contributed by atoms with Crippen LogP contribution in [0.4, 0.5) is 0 Å². The van der Waals surface area contributed by atoms with Gasteiger partial charge in [0.25, 0.3) is 0 Å². The van der Waals surface area contributed by atoms with Crippen molar-refractivity contribution in [3.8, 4) is 5.75 Å². The van der Waals surface area contributed by atoms with Crippen LogP contribution in [0.3, 0.4) is 0 Å². The fraction of sp³-hybridized carbons (Fsp3) is 0.500. The maximum absolute atomic E-state index is 6.04. The molecule has 0 aliphatic carbocycles. The number of hydrogen-bond donors (Lipinski definition) is 1. The van der Waals surface area contributed by atoms with Gasteiger partial charge in [-0.3, -0.25) is 0 Å². The molecule has 0 saturated heterocycles. The van der Waals surface area contributed by atoms with Gasteiger partial charge in [0.15, 0.2) is 0 Å². The van der Waals surface area contributed by atoms with Gasteiger partial charge in [0.05, 0.1) is 6.61 Å². The van der Waals surface area contributed by atoms with Crippen LogP contribution in [0, 0.1) is 0 Å². The van der Waals surface area contributed by atoms with Crippen LogP contribution in [-0.4, -0.2) is 18.1 Å². The Bertz CT molecular complexity index is 273. The van der Waals surface area contributed by atoms with Crippen molar-refractivity contribution < 1.29 is 4.74 Å². The van der Waals surface area contributed by atoms with E-state index in [1.807, 2.05) is 43.0 Å². The summed E-state index contributed by atoms with van der Waals surface area (Å²) in [5, 5.41) is 0. The molecule has 2 N–H and O–H groups in total. The molecule has 0 radical (unpaired) electrons. The fourth-order valence-corrected chi connectivity index (χ4v) is 2.00. The monoisotopic (exact) mass is 225 g/mol. The Hall–Kier alpha value is -0.670. The number of benzene rings is 1. The molecule has 15 heavy (non-hydrogen) atoms. The maximum Gasteiger partial charge on any atom is 0.119 e. The van der Waals surface area contributed by atoms with E-state index in [0.717, 1.165) is 17.3 Å². The van der Waals surface area contributed by atoms with Gasteiger partial charge in [-0.1, -0.05) is 19.1 Å². The first-order chi connectivity index (χ1) is 7.27. The molecule has 0 amide bonds. The summed E-state index contributed by atoms with van der Waals surface area (Å²) in [4.78, 5) is 0. The van der Waals surface area contributed by atoms with Crippen LogP contribution in [0.25, 0.3) is 0 Å². The van der Waals surface area contributed by atoms with Crippen molar-refractivity contribution >= 4 is 11.8 Å². The van der Waals surface area contributed by atoms with Crippen LogP contribution in [0.5, 0.6) is 5.75 Å². The average molecular weight is 225 g/mol. The highest BCUT2D eigenvalue weighted by atomic mass is 32.2. The molecule has 0 aliphatic rings. The van der Waals surface area contributed by atoms with Crippen LogP contribution >= 0.6 is 11.8 Å². The molecule has 0 bridgehead atoms. The summed E-state index contributed by atoms with van der Waals surface area (Å²) in [5.41, 5.74) is 7.22. The van der Waals surface area contributed by atoms with E-state index in [2.05, 4.69) is 6.92 Å². The second-order valence-electron chi connectivity index (χ2n) is 3.27. The third kappa shape index (κ3) is 4.14. The van der Waals surface area contributed by atoms with Crippen molar-refractivity contribution in [2.24, 2.45) is 5.73 Å². The van der Waals surface area contributed by atoms with Gasteiger partial charge in [0, 0.05) is 11.8 Å². The Morgan fingerprint density at radius 3 is 2.47 bits per heavy atom. The minimum absolute atomic E-state index is 0.130. The van der Waals surface area contributed by atoms with E-state index in [9.17, 15) is 0 Å². The molecular formula is C12H19NOS. The zero-order chi connectivity index (χ0) is 11.1. The Morgan fingerprint density at radius 2 is 1.93 bits per heavy atom. The van der Waals surface area contributed by atoms with Gasteiger partial charge >= 0.3 is 0 Å². The molecule has 0 spiro atoms. The zero-order valence-corrected chi connectivity index (χ0v) is 10.2. The lowest BCUT2D eigenvalue weighted by molar-refractivity contribution is 0.340. The molecule has 0 saturated carbocycles. The normalized spacial score (nSPS) is 12.5. The lowest BCUT2D eigenvalue weighted by Gasteiger charge is -2.11. The molecule has 84 valence electrons. The largest absolute Gasteiger partial charge is 0.494 e. The highest BCUT2D eigenvalue weighted by molar-refractivity contribution is 7.99. The standard InChI is InChI=1S/C12H19NOS/c1-3-14-11-7-5-10(6-8-11)12(13)9-15-4-2/h5-8,12H,3-4,9,13H2,1-2H3. The Morgan fingerprint density at radius 1 is 1.27 bits per heavy atom. The fourth-order valence-electron chi connectivity index (χ4n) is 1.32. The highest BCUT2D eigenvalue weighted by Crippen LogP contribution is 2.19. The summed E-state index contributed by atoms with van der Waals surface area (Å²) in [6.45, 7) is 4.84. The van der Waals surface area contributed by atoms with E-state index in [1.54, 1.807) is 0 Å². The van der Waals surface area contributed by atoms with Crippen molar-refractivity contribution in [3.63, 3.8) is 0 Å². The molecule has 3 heteroatoms. The van der Waals surface area contributed by atoms with Crippen LogP contribution in [0.1, 0.15) is 25.5 Å². The van der Waals surface area contributed by atoms with Crippen LogP contribution in [-0.2, 0) is 0 Å². The van der Waals surface area contributed by atoms with Gasteiger partial charge in [-0.15, -0.1) is 0 Å². The number of ether oxygens (including phenoxy) is 1. The first-order valence-electron chi connectivity index (χ1n) is 5.34. The van der Waals surface area contributed by atoms with E-state index in [4.69, 9.17) is 10.5 Å². The van der Waals surface area contributed by atoms with E-state index in [-0.39, 0.29) is 6.04 Å². The second kappa shape index (κ2) is 6.75. The summed E-state index contributed by atoms with van der Waals surface area (Å²) >= 11 is 1.87.